The highest BCUT2D eigenvalue weighted by molar-refractivity contribution is 8.15. The molecule has 2 heterocycles. The lowest BCUT2D eigenvalue weighted by atomic mass is 10.1. The van der Waals surface area contributed by atoms with Crippen molar-refractivity contribution in [3.8, 4) is 11.4 Å². The molecule has 13 heteroatoms. The van der Waals surface area contributed by atoms with Crippen LogP contribution in [-0.4, -0.2) is 50.8 Å². The van der Waals surface area contributed by atoms with Gasteiger partial charge in [0.1, 0.15) is 12.9 Å². The number of alkyl halides is 3. The van der Waals surface area contributed by atoms with Crippen molar-refractivity contribution in [3.05, 3.63) is 59.4 Å². The first kappa shape index (κ1) is 26.4. The van der Waals surface area contributed by atoms with Crippen molar-refractivity contribution in [1.29, 1.82) is 0 Å². The highest BCUT2D eigenvalue weighted by Crippen LogP contribution is 2.32. The third kappa shape index (κ3) is 6.54. The van der Waals surface area contributed by atoms with Gasteiger partial charge in [-0.05, 0) is 48.7 Å². The number of benzene rings is 2. The maximum Gasteiger partial charge on any atom is 0.411 e. The van der Waals surface area contributed by atoms with Gasteiger partial charge < -0.3 is 10.1 Å². The summed E-state index contributed by atoms with van der Waals surface area (Å²) in [5.74, 6) is 0.289. The number of aromatic nitrogens is 3. The number of nitrogens with zero attached hydrogens (tertiary/aromatic N) is 4. The van der Waals surface area contributed by atoms with Crippen molar-refractivity contribution in [2.45, 2.75) is 33.1 Å². The Labute approximate surface area is 214 Å². The molecule has 1 aliphatic rings. The molecule has 2 N–H and O–H groups in total. The second kappa shape index (κ2) is 11.1. The van der Waals surface area contributed by atoms with E-state index in [0.717, 1.165) is 28.5 Å². The van der Waals surface area contributed by atoms with Crippen LogP contribution in [0.25, 0.3) is 11.4 Å². The number of thioether (sulfide) groups is 1. The number of nitrogens with one attached hydrogen (secondary N) is 2. The predicted molar refractivity (Wildman–Crippen MR) is 134 cm³/mol. The predicted octanol–water partition coefficient (Wildman–Crippen LogP) is 5.09. The summed E-state index contributed by atoms with van der Waals surface area (Å²) in [7, 11) is 0. The van der Waals surface area contributed by atoms with Crippen molar-refractivity contribution in [2.24, 2.45) is 4.99 Å². The Morgan fingerprint density at radius 2 is 2.05 bits per heavy atom. The van der Waals surface area contributed by atoms with Gasteiger partial charge in [0.05, 0.1) is 18.0 Å². The van der Waals surface area contributed by atoms with Gasteiger partial charge in [-0.3, -0.25) is 14.8 Å². The standard InChI is InChI=1S/C24H23F3N6O3S/c1-3-15-9-16(21-28-13-29-32-21)6-7-18(15)30-22(35)31-23-33(20(34)11-37-23)19-8-14(2)4-5-17(19)10-36-12-24(25,26)27/h4-9,13H,3,10-12H2,1-2H3,(H,30,35)(H,28,29,32)/b31-23-. The Morgan fingerprint density at radius 3 is 2.76 bits per heavy atom. The van der Waals surface area contributed by atoms with Crippen LogP contribution in [0.15, 0.2) is 47.7 Å². The Hall–Kier alpha value is -3.71. The lowest BCUT2D eigenvalue weighted by Crippen LogP contribution is -2.31. The number of rotatable bonds is 7. The number of aliphatic imine (C=N–C) groups is 1. The molecule has 37 heavy (non-hydrogen) atoms. The van der Waals surface area contributed by atoms with Crippen molar-refractivity contribution in [2.75, 3.05) is 22.6 Å². The number of urea groups is 1. The second-order valence-electron chi connectivity index (χ2n) is 8.14. The molecule has 1 fully saturated rings. The number of aryl methyl sites for hydroxylation is 2. The molecule has 4 rings (SSSR count). The number of halogens is 3. The first-order chi connectivity index (χ1) is 17.6. The molecule has 0 saturated carbocycles. The zero-order valence-corrected chi connectivity index (χ0v) is 20.7. The van der Waals surface area contributed by atoms with Crippen LogP contribution in [0.3, 0.4) is 0 Å². The summed E-state index contributed by atoms with van der Waals surface area (Å²) < 4.78 is 42.5. The molecule has 9 nitrogen and oxygen atoms in total. The van der Waals surface area contributed by atoms with Gasteiger partial charge in [-0.25, -0.2) is 9.78 Å². The Kier molecular flexibility index (Phi) is 7.93. The van der Waals surface area contributed by atoms with Crippen LogP contribution < -0.4 is 10.2 Å². The maximum atomic E-state index is 12.8. The average molecular weight is 533 g/mol. The average Bonchev–Trinajstić information content (AvgIpc) is 3.50. The van der Waals surface area contributed by atoms with E-state index >= 15 is 0 Å². The normalized spacial score (nSPS) is 15.0. The number of amidine groups is 1. The van der Waals surface area contributed by atoms with Crippen molar-refractivity contribution in [3.63, 3.8) is 0 Å². The van der Waals surface area contributed by atoms with Crippen molar-refractivity contribution >= 4 is 40.2 Å². The van der Waals surface area contributed by atoms with Crippen LogP contribution in [0.1, 0.15) is 23.6 Å². The highest BCUT2D eigenvalue weighted by atomic mass is 32.2. The quantitative estimate of drug-likeness (QED) is 0.438. The first-order valence-corrected chi connectivity index (χ1v) is 12.2. The summed E-state index contributed by atoms with van der Waals surface area (Å²) in [5, 5.41) is 9.51. The summed E-state index contributed by atoms with van der Waals surface area (Å²) in [5.41, 5.74) is 3.68. The van der Waals surface area contributed by atoms with Crippen LogP contribution >= 0.6 is 11.8 Å². The number of ether oxygens (including phenoxy) is 1. The Morgan fingerprint density at radius 1 is 1.24 bits per heavy atom. The van der Waals surface area contributed by atoms with E-state index in [1.54, 1.807) is 37.3 Å². The van der Waals surface area contributed by atoms with Crippen molar-refractivity contribution in [1.82, 2.24) is 15.2 Å². The van der Waals surface area contributed by atoms with Gasteiger partial charge in [-0.2, -0.15) is 23.3 Å². The summed E-state index contributed by atoms with van der Waals surface area (Å²) in [6.07, 6.45) is -2.45. The smallest absolute Gasteiger partial charge is 0.367 e. The van der Waals surface area contributed by atoms with E-state index in [9.17, 15) is 22.8 Å². The fourth-order valence-corrected chi connectivity index (χ4v) is 4.55. The molecule has 0 radical (unpaired) electrons. The Bertz CT molecular complexity index is 1330. The molecular formula is C24H23F3N6O3S. The summed E-state index contributed by atoms with van der Waals surface area (Å²) in [6.45, 7) is 1.95. The van der Waals surface area contributed by atoms with Gasteiger partial charge in [0, 0.05) is 16.8 Å². The summed E-state index contributed by atoms with van der Waals surface area (Å²) in [4.78, 5) is 35.0. The molecule has 194 valence electrons. The summed E-state index contributed by atoms with van der Waals surface area (Å²) in [6, 6.07) is 9.66. The maximum absolute atomic E-state index is 12.8. The van der Waals surface area contributed by atoms with Crippen LogP contribution in [0.5, 0.6) is 0 Å². The number of aromatic amines is 1. The van der Waals surface area contributed by atoms with E-state index in [4.69, 9.17) is 4.74 Å². The number of hydrogen-bond donors (Lipinski definition) is 2. The molecule has 0 bridgehead atoms. The van der Waals surface area contributed by atoms with Gasteiger partial charge in [0.2, 0.25) is 5.91 Å². The van der Waals surface area contributed by atoms with Crippen LogP contribution in [0.4, 0.5) is 29.3 Å². The molecule has 1 saturated heterocycles. The molecule has 3 amide bonds. The number of hydrogen-bond acceptors (Lipinski definition) is 6. The monoisotopic (exact) mass is 532 g/mol. The molecular weight excluding hydrogens is 509 g/mol. The number of H-pyrrole nitrogens is 1. The topological polar surface area (TPSA) is 113 Å². The van der Waals surface area contributed by atoms with Crippen LogP contribution in [0.2, 0.25) is 0 Å². The van der Waals surface area contributed by atoms with Gasteiger partial charge in [0.15, 0.2) is 11.0 Å². The van der Waals surface area contributed by atoms with Crippen LogP contribution in [-0.2, 0) is 22.6 Å². The van der Waals surface area contributed by atoms with Gasteiger partial charge >= 0.3 is 12.2 Å². The minimum Gasteiger partial charge on any atom is -0.367 e. The van der Waals surface area contributed by atoms with E-state index in [-0.39, 0.29) is 23.4 Å². The highest BCUT2D eigenvalue weighted by Gasteiger charge is 2.33. The number of carbonyl (C=O) groups is 2. The molecule has 1 aromatic heterocycles. The molecule has 0 atom stereocenters. The number of carbonyl (C=O) groups excluding carboxylic acids is 2. The minimum atomic E-state index is -4.47. The third-order valence-corrected chi connectivity index (χ3v) is 6.31. The zero-order chi connectivity index (χ0) is 26.6. The Balaban J connectivity index is 1.56. The minimum absolute atomic E-state index is 0.0367. The largest absolute Gasteiger partial charge is 0.411 e. The lowest BCUT2D eigenvalue weighted by molar-refractivity contribution is -0.176. The summed E-state index contributed by atoms with van der Waals surface area (Å²) >= 11 is 1.07. The van der Waals surface area contributed by atoms with E-state index in [1.807, 2.05) is 13.0 Å². The third-order valence-electron chi connectivity index (χ3n) is 5.38. The fourth-order valence-electron chi connectivity index (χ4n) is 3.69. The van der Waals surface area contributed by atoms with E-state index in [2.05, 4.69) is 25.5 Å². The molecule has 1 aliphatic heterocycles. The molecule has 2 aromatic carbocycles. The molecule has 0 aliphatic carbocycles. The second-order valence-corrected chi connectivity index (χ2v) is 9.08. The van der Waals surface area contributed by atoms with Crippen molar-refractivity contribution < 1.29 is 27.5 Å². The lowest BCUT2D eigenvalue weighted by Gasteiger charge is -2.21. The number of amides is 3. The van der Waals surface area contributed by atoms with Gasteiger partial charge in [-0.1, -0.05) is 30.8 Å². The molecule has 0 spiro atoms. The first-order valence-electron chi connectivity index (χ1n) is 11.2. The SMILES string of the molecule is CCc1cc(-c2ncn[nH]2)ccc1NC(=O)/N=C1\SCC(=O)N1c1cc(C)ccc1COCC(F)(F)F. The number of anilines is 2. The zero-order valence-electron chi connectivity index (χ0n) is 19.9. The van der Waals surface area contributed by atoms with Gasteiger partial charge in [0.25, 0.3) is 0 Å². The van der Waals surface area contributed by atoms with E-state index < -0.39 is 18.8 Å². The van der Waals surface area contributed by atoms with Gasteiger partial charge in [-0.15, -0.1) is 0 Å². The van der Waals surface area contributed by atoms with Crippen LogP contribution in [0, 0.1) is 6.92 Å². The molecule has 3 aromatic rings. The van der Waals surface area contributed by atoms with E-state index in [0.29, 0.717) is 29.2 Å². The fraction of sp³-hybridized carbons (Fsp3) is 0.292. The van der Waals surface area contributed by atoms with E-state index in [1.165, 1.54) is 11.2 Å². The molecule has 0 unspecified atom stereocenters.